The van der Waals surface area contributed by atoms with Crippen LogP contribution in [-0.4, -0.2) is 34.9 Å². The van der Waals surface area contributed by atoms with Gasteiger partial charge >= 0.3 is 0 Å². The summed E-state index contributed by atoms with van der Waals surface area (Å²) in [5.41, 5.74) is 6.40. The van der Waals surface area contributed by atoms with E-state index in [0.717, 1.165) is 0 Å². The second-order valence-corrected chi connectivity index (χ2v) is 3.93. The number of nitrogen functional groups attached to an aromatic ring is 1. The van der Waals surface area contributed by atoms with E-state index in [1.165, 1.54) is 12.3 Å². The summed E-state index contributed by atoms with van der Waals surface area (Å²) in [6.07, 6.45) is -0.110. The lowest BCUT2D eigenvalue weighted by molar-refractivity contribution is 0.0143. The van der Waals surface area contributed by atoms with E-state index in [1.54, 1.807) is 7.05 Å². The number of nitrogens with one attached hydrogen (secondary N) is 1. The molecule has 90 valence electrons. The summed E-state index contributed by atoms with van der Waals surface area (Å²) in [6, 6.07) is 1.45. The Morgan fingerprint density at radius 3 is 2.81 bits per heavy atom. The van der Waals surface area contributed by atoms with Crippen LogP contribution in [0.2, 0.25) is 5.15 Å². The normalized spacial score (nSPS) is 14.8. The molecule has 2 atom stereocenters. The molecule has 1 rings (SSSR count). The Morgan fingerprint density at radius 2 is 2.25 bits per heavy atom. The van der Waals surface area contributed by atoms with E-state index in [-0.39, 0.29) is 5.15 Å². The highest BCUT2D eigenvalue weighted by Gasteiger charge is 2.20. The second kappa shape index (κ2) is 6.00. The molecule has 1 heterocycles. The topological polar surface area (TPSA) is 91.4 Å². The zero-order chi connectivity index (χ0) is 12.1. The summed E-state index contributed by atoms with van der Waals surface area (Å²) in [6.45, 7) is 0.610. The standard InChI is InChI=1S/C10H16ClN3O2/c1-13-3-2-8(15)10(16)6-5-14-9(11)4-7(6)12/h4-5,8,10,13,15-16H,2-3H2,1H3,(H2,12,14). The molecule has 1 aromatic rings. The van der Waals surface area contributed by atoms with Gasteiger partial charge in [0.1, 0.15) is 11.3 Å². The van der Waals surface area contributed by atoms with E-state index in [1.807, 2.05) is 0 Å². The maximum Gasteiger partial charge on any atom is 0.131 e. The van der Waals surface area contributed by atoms with Crippen molar-refractivity contribution in [3.63, 3.8) is 0 Å². The maximum atomic E-state index is 9.85. The van der Waals surface area contributed by atoms with Gasteiger partial charge in [0.2, 0.25) is 0 Å². The zero-order valence-corrected chi connectivity index (χ0v) is 9.78. The van der Waals surface area contributed by atoms with Gasteiger partial charge in [-0.05, 0) is 26.1 Å². The lowest BCUT2D eigenvalue weighted by Crippen LogP contribution is -2.24. The Labute approximate surface area is 99.3 Å². The maximum absolute atomic E-state index is 9.85. The van der Waals surface area contributed by atoms with Crippen molar-refractivity contribution in [2.45, 2.75) is 18.6 Å². The van der Waals surface area contributed by atoms with Gasteiger partial charge in [-0.2, -0.15) is 0 Å². The van der Waals surface area contributed by atoms with Crippen LogP contribution in [0.4, 0.5) is 5.69 Å². The van der Waals surface area contributed by atoms with Gasteiger partial charge in [-0.3, -0.25) is 0 Å². The van der Waals surface area contributed by atoms with E-state index in [9.17, 15) is 10.2 Å². The van der Waals surface area contributed by atoms with Crippen LogP contribution in [0.1, 0.15) is 18.1 Å². The average Bonchev–Trinajstić information content (AvgIpc) is 2.25. The Morgan fingerprint density at radius 1 is 1.56 bits per heavy atom. The summed E-state index contributed by atoms with van der Waals surface area (Å²) < 4.78 is 0. The van der Waals surface area contributed by atoms with Crippen molar-refractivity contribution in [1.82, 2.24) is 10.3 Å². The number of nitrogens with two attached hydrogens (primary N) is 1. The summed E-state index contributed by atoms with van der Waals surface area (Å²) in [5, 5.41) is 22.7. The van der Waals surface area contributed by atoms with Crippen LogP contribution in [0, 0.1) is 0 Å². The van der Waals surface area contributed by atoms with E-state index in [4.69, 9.17) is 17.3 Å². The van der Waals surface area contributed by atoms with Crippen LogP contribution in [-0.2, 0) is 0 Å². The molecule has 0 fully saturated rings. The summed E-state index contributed by atoms with van der Waals surface area (Å²) >= 11 is 5.64. The molecule has 0 radical (unpaired) electrons. The molecule has 0 saturated carbocycles. The van der Waals surface area contributed by atoms with E-state index >= 15 is 0 Å². The molecule has 0 saturated heterocycles. The van der Waals surface area contributed by atoms with Gasteiger partial charge in [0.25, 0.3) is 0 Å². The molecule has 1 aromatic heterocycles. The number of rotatable bonds is 5. The second-order valence-electron chi connectivity index (χ2n) is 3.54. The molecule has 5 nitrogen and oxygen atoms in total. The highest BCUT2D eigenvalue weighted by molar-refractivity contribution is 6.29. The number of pyridine rings is 1. The number of halogens is 1. The van der Waals surface area contributed by atoms with Crippen LogP contribution in [0.25, 0.3) is 0 Å². The highest BCUT2D eigenvalue weighted by atomic mass is 35.5. The third-order valence-corrected chi connectivity index (χ3v) is 2.51. The van der Waals surface area contributed by atoms with Gasteiger partial charge in [0.15, 0.2) is 0 Å². The third kappa shape index (κ3) is 3.31. The number of nitrogens with zero attached hydrogens (tertiary/aromatic N) is 1. The predicted octanol–water partition coefficient (Wildman–Crippen LogP) is 0.321. The number of aromatic nitrogens is 1. The molecule has 0 aliphatic heterocycles. The van der Waals surface area contributed by atoms with Gasteiger partial charge in [-0.1, -0.05) is 11.6 Å². The first-order chi connectivity index (χ1) is 7.56. The van der Waals surface area contributed by atoms with Gasteiger partial charge in [0.05, 0.1) is 6.10 Å². The Bertz CT molecular complexity index is 349. The lowest BCUT2D eigenvalue weighted by atomic mass is 10.0. The third-order valence-electron chi connectivity index (χ3n) is 2.31. The minimum Gasteiger partial charge on any atom is -0.398 e. The fraction of sp³-hybridized carbons (Fsp3) is 0.500. The van der Waals surface area contributed by atoms with E-state index in [2.05, 4.69) is 10.3 Å². The van der Waals surface area contributed by atoms with Gasteiger partial charge in [0, 0.05) is 17.4 Å². The molecule has 0 spiro atoms. The number of hydrogen-bond donors (Lipinski definition) is 4. The van der Waals surface area contributed by atoms with E-state index < -0.39 is 12.2 Å². The van der Waals surface area contributed by atoms with Crippen LogP contribution < -0.4 is 11.1 Å². The largest absolute Gasteiger partial charge is 0.398 e. The summed E-state index contributed by atoms with van der Waals surface area (Å²) in [4.78, 5) is 3.82. The molecular formula is C10H16ClN3O2. The van der Waals surface area contributed by atoms with Crippen LogP contribution in [0.3, 0.4) is 0 Å². The van der Waals surface area contributed by atoms with Crippen molar-refractivity contribution < 1.29 is 10.2 Å². The molecule has 0 aliphatic carbocycles. The zero-order valence-electron chi connectivity index (χ0n) is 9.02. The van der Waals surface area contributed by atoms with Crippen molar-refractivity contribution in [2.75, 3.05) is 19.3 Å². The first kappa shape index (κ1) is 13.2. The van der Waals surface area contributed by atoms with Crippen molar-refractivity contribution in [3.8, 4) is 0 Å². The van der Waals surface area contributed by atoms with Crippen molar-refractivity contribution in [1.29, 1.82) is 0 Å². The molecule has 0 amide bonds. The fourth-order valence-corrected chi connectivity index (χ4v) is 1.53. The quantitative estimate of drug-likeness (QED) is 0.561. The Balaban J connectivity index is 2.75. The lowest BCUT2D eigenvalue weighted by Gasteiger charge is -2.19. The molecule has 16 heavy (non-hydrogen) atoms. The highest BCUT2D eigenvalue weighted by Crippen LogP contribution is 2.25. The molecule has 5 N–H and O–H groups in total. The molecule has 0 aliphatic rings. The van der Waals surface area contributed by atoms with Gasteiger partial charge < -0.3 is 21.3 Å². The fourth-order valence-electron chi connectivity index (χ4n) is 1.36. The molecule has 6 heteroatoms. The van der Waals surface area contributed by atoms with Crippen LogP contribution in [0.15, 0.2) is 12.3 Å². The summed E-state index contributed by atoms with van der Waals surface area (Å²) in [7, 11) is 1.78. The van der Waals surface area contributed by atoms with Gasteiger partial charge in [-0.25, -0.2) is 4.98 Å². The Kier molecular flexibility index (Phi) is 4.95. The van der Waals surface area contributed by atoms with Crippen LogP contribution >= 0.6 is 11.6 Å². The predicted molar refractivity (Wildman–Crippen MR) is 63.2 cm³/mol. The number of anilines is 1. The van der Waals surface area contributed by atoms with Crippen molar-refractivity contribution >= 4 is 17.3 Å². The minimum atomic E-state index is -1.04. The molecule has 0 aromatic carbocycles. The number of aliphatic hydroxyl groups excluding tert-OH is 2. The molecular weight excluding hydrogens is 230 g/mol. The first-order valence-corrected chi connectivity index (χ1v) is 5.35. The van der Waals surface area contributed by atoms with Crippen molar-refractivity contribution in [3.05, 3.63) is 23.0 Å². The first-order valence-electron chi connectivity index (χ1n) is 4.98. The monoisotopic (exact) mass is 245 g/mol. The average molecular weight is 246 g/mol. The SMILES string of the molecule is CNCCC(O)C(O)c1cnc(Cl)cc1N. The number of hydrogen-bond acceptors (Lipinski definition) is 5. The summed E-state index contributed by atoms with van der Waals surface area (Å²) in [5.74, 6) is 0. The molecule has 2 unspecified atom stereocenters. The Hall–Kier alpha value is -0.880. The smallest absolute Gasteiger partial charge is 0.131 e. The minimum absolute atomic E-state index is 0.262. The van der Waals surface area contributed by atoms with E-state index in [0.29, 0.717) is 24.2 Å². The van der Waals surface area contributed by atoms with Gasteiger partial charge in [-0.15, -0.1) is 0 Å². The molecule has 0 bridgehead atoms. The van der Waals surface area contributed by atoms with Crippen LogP contribution in [0.5, 0.6) is 0 Å². The van der Waals surface area contributed by atoms with Crippen molar-refractivity contribution in [2.24, 2.45) is 0 Å². The number of aliphatic hydroxyl groups is 2.